The number of rotatable bonds is 4. The van der Waals surface area contributed by atoms with Crippen LogP contribution in [0.1, 0.15) is 21.1 Å². The van der Waals surface area contributed by atoms with Gasteiger partial charge in [-0.05, 0) is 12.1 Å². The summed E-state index contributed by atoms with van der Waals surface area (Å²) in [5.74, 6) is -0.725. The van der Waals surface area contributed by atoms with Gasteiger partial charge in [0.1, 0.15) is 18.4 Å². The molecule has 0 fully saturated rings. The molecule has 2 rings (SSSR count). The van der Waals surface area contributed by atoms with Crippen LogP contribution in [0.4, 0.5) is 0 Å². The van der Waals surface area contributed by atoms with Gasteiger partial charge in [0.05, 0.1) is 11.3 Å². The summed E-state index contributed by atoms with van der Waals surface area (Å²) in [4.78, 5) is 14.6. The fourth-order valence-corrected chi connectivity index (χ4v) is 2.13. The van der Waals surface area contributed by atoms with E-state index in [0.29, 0.717) is 22.0 Å². The molecule has 0 atom stereocenters. The van der Waals surface area contributed by atoms with Gasteiger partial charge in [0.2, 0.25) is 5.01 Å². The molecule has 0 bridgehead atoms. The predicted molar refractivity (Wildman–Crippen MR) is 69.6 cm³/mol. The monoisotopic (exact) mass is 294 g/mol. The quantitative estimate of drug-likeness (QED) is 0.937. The molecule has 96 valence electrons. The number of hydrogen-bond donors (Lipinski definition) is 1. The van der Waals surface area contributed by atoms with Crippen molar-refractivity contribution in [2.45, 2.75) is 6.61 Å². The largest absolute Gasteiger partial charge is 0.486 e. The summed E-state index contributed by atoms with van der Waals surface area (Å²) in [6, 6.07) is 6.67. The van der Waals surface area contributed by atoms with Crippen LogP contribution in [0.3, 0.4) is 0 Å². The molecule has 0 amide bonds. The number of nitrogens with zero attached hydrogens (tertiary/aromatic N) is 2. The number of halogens is 1. The van der Waals surface area contributed by atoms with Crippen LogP contribution in [0.2, 0.25) is 5.02 Å². The molecule has 19 heavy (non-hydrogen) atoms. The molecule has 1 heterocycles. The van der Waals surface area contributed by atoms with Crippen molar-refractivity contribution in [2.75, 3.05) is 0 Å². The first kappa shape index (κ1) is 13.3. The number of ether oxygens (including phenoxy) is 1. The first-order valence-corrected chi connectivity index (χ1v) is 6.36. The third-order valence-corrected chi connectivity index (χ3v) is 3.29. The second-order valence-corrected chi connectivity index (χ2v) is 4.78. The average molecular weight is 295 g/mol. The summed E-state index contributed by atoms with van der Waals surface area (Å²) >= 11 is 6.84. The minimum atomic E-state index is -1.07. The number of benzene rings is 1. The highest BCUT2D eigenvalue weighted by Crippen LogP contribution is 2.23. The van der Waals surface area contributed by atoms with Gasteiger partial charge in [0.25, 0.3) is 0 Å². The second kappa shape index (κ2) is 5.69. The zero-order chi connectivity index (χ0) is 13.8. The molecule has 7 heteroatoms. The van der Waals surface area contributed by atoms with Crippen molar-refractivity contribution in [3.8, 4) is 11.8 Å². The Labute approximate surface area is 117 Å². The number of carbonyl (C=O) groups is 1. The number of carboxylic acid groups (broad SMARTS) is 1. The Morgan fingerprint density at radius 2 is 2.37 bits per heavy atom. The highest BCUT2D eigenvalue weighted by molar-refractivity contribution is 7.11. The van der Waals surface area contributed by atoms with Crippen molar-refractivity contribution in [3.05, 3.63) is 44.9 Å². The Morgan fingerprint density at radius 3 is 3.00 bits per heavy atom. The van der Waals surface area contributed by atoms with Gasteiger partial charge < -0.3 is 9.84 Å². The molecule has 0 saturated heterocycles. The lowest BCUT2D eigenvalue weighted by Gasteiger charge is -2.06. The van der Waals surface area contributed by atoms with Gasteiger partial charge in [-0.15, -0.1) is 11.3 Å². The average Bonchev–Trinajstić information content (AvgIpc) is 2.85. The van der Waals surface area contributed by atoms with E-state index in [9.17, 15) is 4.79 Å². The van der Waals surface area contributed by atoms with Crippen molar-refractivity contribution in [1.29, 1.82) is 5.26 Å². The Bertz CT molecular complexity index is 663. The van der Waals surface area contributed by atoms with Gasteiger partial charge in [-0.2, -0.15) is 5.26 Å². The summed E-state index contributed by atoms with van der Waals surface area (Å²) in [5, 5.41) is 19.7. The summed E-state index contributed by atoms with van der Waals surface area (Å²) in [7, 11) is 0. The zero-order valence-corrected chi connectivity index (χ0v) is 11.0. The number of aromatic carboxylic acids is 1. The number of hydrogen-bond acceptors (Lipinski definition) is 5. The predicted octanol–water partition coefficient (Wildman–Crippen LogP) is 2.95. The van der Waals surface area contributed by atoms with Crippen LogP contribution in [-0.2, 0) is 6.61 Å². The number of nitriles is 1. The zero-order valence-electron chi connectivity index (χ0n) is 9.46. The molecular formula is C12H7ClN2O3S. The lowest BCUT2D eigenvalue weighted by molar-refractivity contribution is 0.0696. The maximum atomic E-state index is 10.7. The third-order valence-electron chi connectivity index (χ3n) is 2.17. The molecule has 0 aliphatic carbocycles. The standard InChI is InChI=1S/C12H7ClN2O3S/c13-8-2-1-7(4-14)10(3-8)18-5-9-6-19-11(15-9)12(16)17/h1-3,6H,5H2,(H,16,17). The molecule has 5 nitrogen and oxygen atoms in total. The molecule has 0 aliphatic heterocycles. The SMILES string of the molecule is N#Cc1ccc(Cl)cc1OCc1csc(C(=O)O)n1. The van der Waals surface area contributed by atoms with Gasteiger partial charge >= 0.3 is 5.97 Å². The van der Waals surface area contributed by atoms with E-state index in [2.05, 4.69) is 4.98 Å². The Kier molecular flexibility index (Phi) is 4.00. The van der Waals surface area contributed by atoms with E-state index in [-0.39, 0.29) is 11.6 Å². The minimum Gasteiger partial charge on any atom is -0.486 e. The molecular weight excluding hydrogens is 288 g/mol. The summed E-state index contributed by atoms with van der Waals surface area (Å²) in [6.07, 6.45) is 0. The van der Waals surface area contributed by atoms with Crippen LogP contribution in [0.5, 0.6) is 5.75 Å². The van der Waals surface area contributed by atoms with E-state index in [1.165, 1.54) is 6.07 Å². The van der Waals surface area contributed by atoms with Crippen molar-refractivity contribution < 1.29 is 14.6 Å². The number of aromatic nitrogens is 1. The molecule has 0 aliphatic rings. The van der Waals surface area contributed by atoms with E-state index in [1.54, 1.807) is 17.5 Å². The topological polar surface area (TPSA) is 83.2 Å². The normalized spacial score (nSPS) is 9.89. The number of thiazole rings is 1. The summed E-state index contributed by atoms with van der Waals surface area (Å²) in [5.41, 5.74) is 0.851. The fraction of sp³-hybridized carbons (Fsp3) is 0.0833. The van der Waals surface area contributed by atoms with Gasteiger partial charge in [-0.1, -0.05) is 11.6 Å². The molecule has 1 N–H and O–H groups in total. The van der Waals surface area contributed by atoms with Crippen LogP contribution < -0.4 is 4.74 Å². The molecule has 0 saturated carbocycles. The first-order valence-electron chi connectivity index (χ1n) is 5.10. The second-order valence-electron chi connectivity index (χ2n) is 3.49. The van der Waals surface area contributed by atoms with E-state index >= 15 is 0 Å². The van der Waals surface area contributed by atoms with Crippen molar-refractivity contribution in [1.82, 2.24) is 4.98 Å². The van der Waals surface area contributed by atoms with E-state index in [1.807, 2.05) is 6.07 Å². The first-order chi connectivity index (χ1) is 9.10. The van der Waals surface area contributed by atoms with Crippen LogP contribution >= 0.6 is 22.9 Å². The van der Waals surface area contributed by atoms with Gasteiger partial charge in [-0.25, -0.2) is 9.78 Å². The van der Waals surface area contributed by atoms with Crippen molar-refractivity contribution >= 4 is 28.9 Å². The lowest BCUT2D eigenvalue weighted by atomic mass is 10.2. The van der Waals surface area contributed by atoms with E-state index in [4.69, 9.17) is 26.7 Å². The highest BCUT2D eigenvalue weighted by Gasteiger charge is 2.10. The van der Waals surface area contributed by atoms with Gasteiger partial charge in [0.15, 0.2) is 0 Å². The van der Waals surface area contributed by atoms with Crippen LogP contribution in [0.25, 0.3) is 0 Å². The maximum absolute atomic E-state index is 10.7. The maximum Gasteiger partial charge on any atom is 0.365 e. The van der Waals surface area contributed by atoms with Gasteiger partial charge in [-0.3, -0.25) is 0 Å². The van der Waals surface area contributed by atoms with Crippen molar-refractivity contribution in [3.63, 3.8) is 0 Å². The third kappa shape index (κ3) is 3.22. The minimum absolute atomic E-state index is 0.00482. The molecule has 0 spiro atoms. The molecule has 0 unspecified atom stereocenters. The Hall–Kier alpha value is -2.10. The van der Waals surface area contributed by atoms with Crippen LogP contribution in [0.15, 0.2) is 23.6 Å². The summed E-state index contributed by atoms with van der Waals surface area (Å²) in [6.45, 7) is 0.0821. The lowest BCUT2D eigenvalue weighted by Crippen LogP contribution is -2.00. The Morgan fingerprint density at radius 1 is 1.58 bits per heavy atom. The fourth-order valence-electron chi connectivity index (χ4n) is 1.33. The summed E-state index contributed by atoms with van der Waals surface area (Å²) < 4.78 is 5.43. The van der Waals surface area contributed by atoms with Crippen LogP contribution in [-0.4, -0.2) is 16.1 Å². The molecule has 1 aromatic heterocycles. The molecule has 2 aromatic rings. The van der Waals surface area contributed by atoms with E-state index in [0.717, 1.165) is 11.3 Å². The van der Waals surface area contributed by atoms with Crippen molar-refractivity contribution in [2.24, 2.45) is 0 Å². The highest BCUT2D eigenvalue weighted by atomic mass is 35.5. The van der Waals surface area contributed by atoms with Crippen LogP contribution in [0, 0.1) is 11.3 Å². The van der Waals surface area contributed by atoms with E-state index < -0.39 is 5.97 Å². The number of carboxylic acids is 1. The molecule has 0 radical (unpaired) electrons. The molecule has 1 aromatic carbocycles. The smallest absolute Gasteiger partial charge is 0.365 e. The Balaban J connectivity index is 2.12. The van der Waals surface area contributed by atoms with Gasteiger partial charge in [0, 0.05) is 16.5 Å².